The predicted molar refractivity (Wildman–Crippen MR) is 51.6 cm³/mol. The van der Waals surface area contributed by atoms with Gasteiger partial charge in [0.2, 0.25) is 10.0 Å². The third-order valence-corrected chi connectivity index (χ3v) is 4.14. The smallest absolute Gasteiger partial charge is 0.246 e. The van der Waals surface area contributed by atoms with Crippen molar-refractivity contribution in [2.75, 3.05) is 13.1 Å². The van der Waals surface area contributed by atoms with Gasteiger partial charge in [0.1, 0.15) is 10.7 Å². The summed E-state index contributed by atoms with van der Waals surface area (Å²) in [5, 5.41) is 6.03. The molecule has 1 aromatic heterocycles. The van der Waals surface area contributed by atoms with Crippen LogP contribution < -0.4 is 0 Å². The molecule has 0 atom stereocenters. The Morgan fingerprint density at radius 3 is 2.87 bits per heavy atom. The van der Waals surface area contributed by atoms with Gasteiger partial charge in [-0.2, -0.15) is 9.40 Å². The van der Waals surface area contributed by atoms with Gasteiger partial charge in [-0.05, 0) is 6.42 Å². The fourth-order valence-electron chi connectivity index (χ4n) is 1.54. The number of carbonyl (C=O) groups excluding carboxylic acids is 1. The number of hydrogen-bond donors (Lipinski definition) is 1. The summed E-state index contributed by atoms with van der Waals surface area (Å²) in [6.07, 6.45) is 3.62. The highest BCUT2D eigenvalue weighted by molar-refractivity contribution is 7.89. The van der Waals surface area contributed by atoms with Gasteiger partial charge in [0.15, 0.2) is 0 Å². The molecule has 1 saturated heterocycles. The summed E-state index contributed by atoms with van der Waals surface area (Å²) in [6.45, 7) is 0.382. The zero-order chi connectivity index (χ0) is 10.9. The molecule has 7 heteroatoms. The first-order valence-electron chi connectivity index (χ1n) is 4.61. The second kappa shape index (κ2) is 3.74. The van der Waals surface area contributed by atoms with Crippen LogP contribution in [0.4, 0.5) is 0 Å². The molecular weight excluding hydrogens is 218 g/mol. The minimum absolute atomic E-state index is 0.0203. The number of ketones is 1. The molecule has 0 spiro atoms. The summed E-state index contributed by atoms with van der Waals surface area (Å²) < 4.78 is 25.0. The monoisotopic (exact) mass is 229 g/mol. The molecule has 0 unspecified atom stereocenters. The Bertz CT molecular complexity index is 451. The van der Waals surface area contributed by atoms with E-state index >= 15 is 0 Å². The number of H-pyrrole nitrogens is 1. The summed E-state index contributed by atoms with van der Waals surface area (Å²) in [5.74, 6) is -0.0340. The largest absolute Gasteiger partial charge is 0.298 e. The topological polar surface area (TPSA) is 83.1 Å². The lowest BCUT2D eigenvalue weighted by atomic mass is 10.1. The molecule has 0 radical (unpaired) electrons. The number of aromatic nitrogens is 2. The molecular formula is C8H11N3O3S. The summed E-state index contributed by atoms with van der Waals surface area (Å²) >= 11 is 0. The Morgan fingerprint density at radius 2 is 2.27 bits per heavy atom. The molecule has 0 saturated carbocycles. The molecule has 1 aliphatic rings. The number of Topliss-reactive ketones (excluding diaryl/α,β-unsaturated/α-hetero) is 1. The van der Waals surface area contributed by atoms with Crippen molar-refractivity contribution in [3.63, 3.8) is 0 Å². The normalized spacial score (nSPS) is 19.3. The quantitative estimate of drug-likeness (QED) is 0.759. The Balaban J connectivity index is 2.26. The van der Waals surface area contributed by atoms with Crippen molar-refractivity contribution in [1.29, 1.82) is 0 Å². The molecule has 1 N–H and O–H groups in total. The second-order valence-electron chi connectivity index (χ2n) is 3.41. The molecule has 6 nitrogen and oxygen atoms in total. The number of nitrogens with zero attached hydrogens (tertiary/aromatic N) is 2. The van der Waals surface area contributed by atoms with Crippen molar-refractivity contribution >= 4 is 15.8 Å². The van der Waals surface area contributed by atoms with Crippen LogP contribution in [0, 0.1) is 0 Å². The van der Waals surface area contributed by atoms with Gasteiger partial charge in [-0.3, -0.25) is 9.89 Å². The lowest BCUT2D eigenvalue weighted by molar-refractivity contribution is -0.120. The zero-order valence-electron chi connectivity index (χ0n) is 8.01. The van der Waals surface area contributed by atoms with Crippen LogP contribution in [0.2, 0.25) is 0 Å². The molecule has 2 rings (SSSR count). The summed E-state index contributed by atoms with van der Waals surface area (Å²) in [5.41, 5.74) is 0. The van der Waals surface area contributed by atoms with Gasteiger partial charge in [0, 0.05) is 19.2 Å². The molecule has 2 heterocycles. The maximum Gasteiger partial charge on any atom is 0.246 e. The third-order valence-electron chi connectivity index (χ3n) is 2.33. The molecule has 15 heavy (non-hydrogen) atoms. The molecule has 0 aromatic carbocycles. The van der Waals surface area contributed by atoms with Gasteiger partial charge in [-0.1, -0.05) is 0 Å². The van der Waals surface area contributed by atoms with E-state index in [2.05, 4.69) is 10.2 Å². The number of nitrogens with one attached hydrogen (secondary N) is 1. The fraction of sp³-hybridized carbons (Fsp3) is 0.500. The van der Waals surface area contributed by atoms with E-state index in [9.17, 15) is 13.2 Å². The van der Waals surface area contributed by atoms with Gasteiger partial charge in [-0.25, -0.2) is 8.42 Å². The van der Waals surface area contributed by atoms with Crippen molar-refractivity contribution in [3.05, 3.63) is 12.4 Å². The Hall–Kier alpha value is -1.21. The van der Waals surface area contributed by atoms with Crippen molar-refractivity contribution in [1.82, 2.24) is 14.5 Å². The van der Waals surface area contributed by atoms with Crippen LogP contribution in [-0.2, 0) is 14.8 Å². The van der Waals surface area contributed by atoms with E-state index in [0.29, 0.717) is 19.4 Å². The molecule has 1 aromatic rings. The van der Waals surface area contributed by atoms with Gasteiger partial charge < -0.3 is 0 Å². The Kier molecular flexibility index (Phi) is 2.57. The molecule has 0 amide bonds. The van der Waals surface area contributed by atoms with E-state index in [0.717, 1.165) is 0 Å². The van der Waals surface area contributed by atoms with Crippen molar-refractivity contribution in [3.8, 4) is 0 Å². The highest BCUT2D eigenvalue weighted by Crippen LogP contribution is 2.17. The summed E-state index contributed by atoms with van der Waals surface area (Å²) in [7, 11) is -3.53. The first kappa shape index (κ1) is 10.3. The van der Waals surface area contributed by atoms with Crippen molar-refractivity contribution in [2.45, 2.75) is 17.7 Å². The van der Waals surface area contributed by atoms with Crippen LogP contribution in [0.5, 0.6) is 0 Å². The van der Waals surface area contributed by atoms with E-state index in [1.54, 1.807) is 0 Å². The SMILES string of the molecule is O=C1CCCN(S(=O)(=O)c2cn[nH]c2)C1. The number of rotatable bonds is 2. The Labute approximate surface area is 87.3 Å². The predicted octanol–water partition coefficient (Wildman–Crippen LogP) is -0.237. The average molecular weight is 229 g/mol. The molecule has 0 aliphatic carbocycles. The highest BCUT2D eigenvalue weighted by atomic mass is 32.2. The van der Waals surface area contributed by atoms with Crippen LogP contribution >= 0.6 is 0 Å². The van der Waals surface area contributed by atoms with Crippen molar-refractivity contribution in [2.24, 2.45) is 0 Å². The standard InChI is InChI=1S/C8H11N3O3S/c12-7-2-1-3-11(6-7)15(13,14)8-4-9-10-5-8/h4-5H,1-3,6H2,(H,9,10). The van der Waals surface area contributed by atoms with Gasteiger partial charge in [-0.15, -0.1) is 0 Å². The van der Waals surface area contributed by atoms with Gasteiger partial charge in [0.05, 0.1) is 12.7 Å². The maximum atomic E-state index is 11.9. The van der Waals surface area contributed by atoms with Crippen LogP contribution in [0.15, 0.2) is 17.3 Å². The van der Waals surface area contributed by atoms with Crippen LogP contribution in [-0.4, -0.2) is 41.8 Å². The summed E-state index contributed by atoms with van der Waals surface area (Å²) in [4.78, 5) is 11.3. The molecule has 0 bridgehead atoms. The fourth-order valence-corrected chi connectivity index (χ4v) is 2.91. The zero-order valence-corrected chi connectivity index (χ0v) is 8.83. The lowest BCUT2D eigenvalue weighted by Gasteiger charge is -2.24. The average Bonchev–Trinajstić information content (AvgIpc) is 2.71. The minimum atomic E-state index is -3.53. The molecule has 82 valence electrons. The summed E-state index contributed by atoms with van der Waals surface area (Å²) in [6, 6.07) is 0. The van der Waals surface area contributed by atoms with Crippen LogP contribution in [0.25, 0.3) is 0 Å². The Morgan fingerprint density at radius 1 is 1.47 bits per heavy atom. The number of aromatic amines is 1. The van der Waals surface area contributed by atoms with E-state index in [1.165, 1.54) is 16.7 Å². The van der Waals surface area contributed by atoms with E-state index < -0.39 is 10.0 Å². The number of hydrogen-bond acceptors (Lipinski definition) is 4. The van der Waals surface area contributed by atoms with E-state index in [-0.39, 0.29) is 17.2 Å². The van der Waals surface area contributed by atoms with E-state index in [1.807, 2.05) is 0 Å². The van der Waals surface area contributed by atoms with E-state index in [4.69, 9.17) is 0 Å². The minimum Gasteiger partial charge on any atom is -0.298 e. The molecule has 1 fully saturated rings. The number of sulfonamides is 1. The molecule has 1 aliphatic heterocycles. The van der Waals surface area contributed by atoms with Gasteiger partial charge >= 0.3 is 0 Å². The lowest BCUT2D eigenvalue weighted by Crippen LogP contribution is -2.39. The van der Waals surface area contributed by atoms with Crippen LogP contribution in [0.1, 0.15) is 12.8 Å². The first-order chi connectivity index (χ1) is 7.10. The third kappa shape index (κ3) is 1.93. The second-order valence-corrected chi connectivity index (χ2v) is 5.35. The first-order valence-corrected chi connectivity index (χ1v) is 6.05. The number of piperidine rings is 1. The number of carbonyl (C=O) groups is 1. The maximum absolute atomic E-state index is 11.9. The van der Waals surface area contributed by atoms with Crippen molar-refractivity contribution < 1.29 is 13.2 Å². The van der Waals surface area contributed by atoms with Gasteiger partial charge in [0.25, 0.3) is 0 Å². The highest BCUT2D eigenvalue weighted by Gasteiger charge is 2.29. The van der Waals surface area contributed by atoms with Crippen LogP contribution in [0.3, 0.4) is 0 Å².